The van der Waals surface area contributed by atoms with Crippen molar-refractivity contribution in [1.82, 2.24) is 34.4 Å². The molecule has 5 N–H and O–H groups in total. The van der Waals surface area contributed by atoms with Crippen LogP contribution in [0.15, 0.2) is 30.9 Å². The van der Waals surface area contributed by atoms with Gasteiger partial charge in [0.25, 0.3) is 0 Å². The fourth-order valence-corrected chi connectivity index (χ4v) is 6.35. The number of hydrogen-bond acceptors (Lipinski definition) is 9. The van der Waals surface area contributed by atoms with Gasteiger partial charge in [-0.3, -0.25) is 9.47 Å². The van der Waals surface area contributed by atoms with E-state index in [0.29, 0.717) is 29.7 Å². The zero-order chi connectivity index (χ0) is 29.1. The Morgan fingerprint density at radius 2 is 1.93 bits per heavy atom. The Bertz CT molecular complexity index is 1520. The number of nitrogens with one attached hydrogen (secondary N) is 1. The molecule has 2 fully saturated rings. The van der Waals surface area contributed by atoms with E-state index >= 15 is 0 Å². The summed E-state index contributed by atoms with van der Waals surface area (Å²) >= 11 is 0. The van der Waals surface area contributed by atoms with E-state index in [-0.39, 0.29) is 17.3 Å². The summed E-state index contributed by atoms with van der Waals surface area (Å²) in [5.41, 5.74) is 10.4. The largest absolute Gasteiger partial charge is 0.387 e. The molecule has 2 aliphatic rings. The average molecular weight is 563 g/mol. The molecule has 4 atom stereocenters. The van der Waals surface area contributed by atoms with E-state index in [0.717, 1.165) is 42.5 Å². The van der Waals surface area contributed by atoms with Crippen molar-refractivity contribution in [2.75, 3.05) is 12.3 Å². The summed E-state index contributed by atoms with van der Waals surface area (Å²) in [4.78, 5) is 23.3. The maximum atomic E-state index is 10.9. The predicted octanol–water partition coefficient (Wildman–Crippen LogP) is 3.32. The SMILES string of the molecule is CC(C)N(C[C@H]1O[C@@H](n2cnc3c(N)ncnc32)[C@H](O)[C@@H]1O)[C@H]1C[C@H](CCc2nc3cc(C(C)(C)C)ccc3[nH]2)C1. The molecule has 4 heterocycles. The van der Waals surface area contributed by atoms with E-state index in [1.165, 1.54) is 18.2 Å². The van der Waals surface area contributed by atoms with E-state index in [1.807, 2.05) is 0 Å². The summed E-state index contributed by atoms with van der Waals surface area (Å²) in [6, 6.07) is 7.23. The number of aliphatic hydroxyl groups excluding tert-OH is 2. The molecule has 1 saturated heterocycles. The molecule has 0 bridgehead atoms. The molecule has 1 aliphatic carbocycles. The van der Waals surface area contributed by atoms with Crippen LogP contribution in [0.4, 0.5) is 5.82 Å². The molecule has 3 aromatic heterocycles. The van der Waals surface area contributed by atoms with Crippen LogP contribution in [0.1, 0.15) is 71.5 Å². The number of imidazole rings is 2. The Balaban J connectivity index is 1.06. The fourth-order valence-electron chi connectivity index (χ4n) is 6.35. The lowest BCUT2D eigenvalue weighted by Gasteiger charge is -2.46. The van der Waals surface area contributed by atoms with Gasteiger partial charge in [0.2, 0.25) is 0 Å². The molecular formula is C30H42N8O3. The first kappa shape index (κ1) is 28.0. The standard InChI is InChI=1S/C30H42N8O3/c1-16(2)37(13-22-25(39)26(40)29(41-22)38-15-34-24-27(31)32-14-33-28(24)38)19-10-17(11-19)6-9-23-35-20-8-7-18(30(3,4)5)12-21(20)36-23/h7-8,12,14-17,19,22,25-26,29,39-40H,6,9-11,13H2,1-5H3,(H,35,36)(H2,31,32,33)/t17-,19-,22-,25-,26-,29-/m1/s1. The summed E-state index contributed by atoms with van der Waals surface area (Å²) in [6.07, 6.45) is 3.63. The third kappa shape index (κ3) is 5.31. The van der Waals surface area contributed by atoms with Gasteiger partial charge in [0.15, 0.2) is 17.7 Å². The van der Waals surface area contributed by atoms with Gasteiger partial charge in [-0.25, -0.2) is 19.9 Å². The van der Waals surface area contributed by atoms with Gasteiger partial charge in [-0.05, 0) is 62.1 Å². The van der Waals surface area contributed by atoms with E-state index in [2.05, 4.69) is 77.7 Å². The molecule has 0 spiro atoms. The Morgan fingerprint density at radius 1 is 1.15 bits per heavy atom. The number of benzene rings is 1. The van der Waals surface area contributed by atoms with Gasteiger partial charge < -0.3 is 25.7 Å². The maximum absolute atomic E-state index is 10.9. The van der Waals surface area contributed by atoms with Gasteiger partial charge in [-0.2, -0.15) is 0 Å². The van der Waals surface area contributed by atoms with Crippen molar-refractivity contribution >= 4 is 28.0 Å². The summed E-state index contributed by atoms with van der Waals surface area (Å²) in [6.45, 7) is 11.6. The lowest BCUT2D eigenvalue weighted by molar-refractivity contribution is -0.0620. The molecular weight excluding hydrogens is 520 g/mol. The van der Waals surface area contributed by atoms with Crippen LogP contribution in [-0.2, 0) is 16.6 Å². The molecule has 0 unspecified atom stereocenters. The normalized spacial score (nSPS) is 27.0. The van der Waals surface area contributed by atoms with Crippen molar-refractivity contribution < 1.29 is 14.9 Å². The molecule has 41 heavy (non-hydrogen) atoms. The van der Waals surface area contributed by atoms with E-state index in [1.54, 1.807) is 4.57 Å². The Hall–Kier alpha value is -3.12. The highest BCUT2D eigenvalue weighted by Crippen LogP contribution is 2.38. The summed E-state index contributed by atoms with van der Waals surface area (Å²) in [7, 11) is 0. The molecule has 1 saturated carbocycles. The van der Waals surface area contributed by atoms with Crippen LogP contribution in [0.3, 0.4) is 0 Å². The number of nitrogens with zero attached hydrogens (tertiary/aromatic N) is 6. The molecule has 4 aromatic rings. The highest BCUT2D eigenvalue weighted by atomic mass is 16.6. The number of aromatic nitrogens is 6. The van der Waals surface area contributed by atoms with Crippen molar-refractivity contribution in [3.05, 3.63) is 42.2 Å². The number of anilines is 1. The predicted molar refractivity (Wildman–Crippen MR) is 157 cm³/mol. The molecule has 1 aromatic carbocycles. The van der Waals surface area contributed by atoms with Crippen molar-refractivity contribution in [1.29, 1.82) is 0 Å². The Morgan fingerprint density at radius 3 is 2.66 bits per heavy atom. The van der Waals surface area contributed by atoms with Gasteiger partial charge in [0.05, 0.1) is 17.4 Å². The highest BCUT2D eigenvalue weighted by Gasteiger charge is 2.46. The maximum Gasteiger partial charge on any atom is 0.167 e. The molecule has 6 rings (SSSR count). The second-order valence-corrected chi connectivity index (χ2v) is 13.1. The number of fused-ring (bicyclic) bond motifs is 2. The number of H-pyrrole nitrogens is 1. The van der Waals surface area contributed by atoms with Gasteiger partial charge in [0.1, 0.15) is 36.0 Å². The quantitative estimate of drug-likeness (QED) is 0.253. The monoisotopic (exact) mass is 562 g/mol. The first-order valence-corrected chi connectivity index (χ1v) is 14.7. The smallest absolute Gasteiger partial charge is 0.167 e. The number of ether oxygens (including phenoxy) is 1. The minimum absolute atomic E-state index is 0.104. The van der Waals surface area contributed by atoms with E-state index in [9.17, 15) is 10.2 Å². The van der Waals surface area contributed by atoms with Gasteiger partial charge in [0, 0.05) is 25.0 Å². The molecule has 0 radical (unpaired) electrons. The zero-order valence-electron chi connectivity index (χ0n) is 24.5. The van der Waals surface area contributed by atoms with Crippen LogP contribution in [0, 0.1) is 5.92 Å². The topological polar surface area (TPSA) is 151 Å². The van der Waals surface area contributed by atoms with Crippen molar-refractivity contribution in [2.45, 2.75) is 102 Å². The van der Waals surface area contributed by atoms with Crippen LogP contribution in [0.5, 0.6) is 0 Å². The number of aliphatic hydroxyl groups is 2. The molecule has 11 heteroatoms. The third-order valence-electron chi connectivity index (χ3n) is 8.92. The highest BCUT2D eigenvalue weighted by molar-refractivity contribution is 5.81. The lowest BCUT2D eigenvalue weighted by Crippen LogP contribution is -2.52. The summed E-state index contributed by atoms with van der Waals surface area (Å²) < 4.78 is 7.86. The van der Waals surface area contributed by atoms with Crippen molar-refractivity contribution in [2.24, 2.45) is 5.92 Å². The molecule has 1 aliphatic heterocycles. The van der Waals surface area contributed by atoms with Crippen LogP contribution < -0.4 is 5.73 Å². The van der Waals surface area contributed by atoms with Gasteiger partial charge in [-0.1, -0.05) is 26.8 Å². The van der Waals surface area contributed by atoms with Gasteiger partial charge in [-0.15, -0.1) is 0 Å². The average Bonchev–Trinajstić information content (AvgIpc) is 3.58. The fraction of sp³-hybridized carbons (Fsp3) is 0.600. The molecule has 0 amide bonds. The number of aryl methyl sites for hydroxylation is 1. The Labute approximate surface area is 240 Å². The van der Waals surface area contributed by atoms with Crippen LogP contribution >= 0.6 is 0 Å². The first-order valence-electron chi connectivity index (χ1n) is 14.7. The summed E-state index contributed by atoms with van der Waals surface area (Å²) in [5, 5.41) is 21.8. The number of nitrogen functional groups attached to an aromatic ring is 1. The minimum atomic E-state index is -1.11. The number of nitrogens with two attached hydrogens (primary N) is 1. The van der Waals surface area contributed by atoms with Crippen molar-refractivity contribution in [3.8, 4) is 0 Å². The number of rotatable bonds is 8. The number of aromatic amines is 1. The van der Waals surface area contributed by atoms with Crippen LogP contribution in [0.25, 0.3) is 22.2 Å². The third-order valence-corrected chi connectivity index (χ3v) is 8.92. The van der Waals surface area contributed by atoms with Gasteiger partial charge >= 0.3 is 0 Å². The zero-order valence-corrected chi connectivity index (χ0v) is 24.5. The van der Waals surface area contributed by atoms with E-state index in [4.69, 9.17) is 15.5 Å². The first-order chi connectivity index (χ1) is 19.5. The van der Waals surface area contributed by atoms with Crippen molar-refractivity contribution in [3.63, 3.8) is 0 Å². The van der Waals surface area contributed by atoms with Crippen LogP contribution in [-0.4, -0.2) is 81.5 Å². The molecule has 220 valence electrons. The molecule has 11 nitrogen and oxygen atoms in total. The summed E-state index contributed by atoms with van der Waals surface area (Å²) in [5.74, 6) is 1.95. The minimum Gasteiger partial charge on any atom is -0.387 e. The Kier molecular flexibility index (Phi) is 7.25. The van der Waals surface area contributed by atoms with E-state index < -0.39 is 24.5 Å². The van der Waals surface area contributed by atoms with Crippen LogP contribution in [0.2, 0.25) is 0 Å². The second kappa shape index (κ2) is 10.6. The number of hydrogen-bond donors (Lipinski definition) is 4. The lowest BCUT2D eigenvalue weighted by atomic mass is 9.76. The second-order valence-electron chi connectivity index (χ2n) is 13.1.